The molecule has 0 amide bonds. The lowest BCUT2D eigenvalue weighted by atomic mass is 10.2. The van der Waals surface area contributed by atoms with Crippen molar-refractivity contribution in [3.05, 3.63) is 97.5 Å². The fraction of sp³-hybridized carbons (Fsp3) is 0. The first kappa shape index (κ1) is 15.3. The van der Waals surface area contributed by atoms with Crippen LogP contribution in [-0.2, 0) is 0 Å². The Balaban J connectivity index is 0.000000129. The molecule has 0 spiro atoms. The Kier molecular flexibility index (Phi) is 6.25. The summed E-state index contributed by atoms with van der Waals surface area (Å²) in [6.45, 7) is 0. The molecule has 0 saturated heterocycles. The van der Waals surface area contributed by atoms with Crippen LogP contribution in [0.5, 0.6) is 0 Å². The second-order valence-corrected chi connectivity index (χ2v) is 4.49. The maximum atomic E-state index is 5.36. The van der Waals surface area contributed by atoms with Crippen LogP contribution in [0.4, 0.5) is 5.69 Å². The Morgan fingerprint density at radius 1 is 0.682 bits per heavy atom. The van der Waals surface area contributed by atoms with Gasteiger partial charge in [0.25, 0.3) is 0 Å². The molecular weight excluding hydrogens is 270 g/mol. The Morgan fingerprint density at radius 3 is 1.86 bits per heavy atom. The molecule has 0 radical (unpaired) electrons. The zero-order chi connectivity index (χ0) is 15.5. The van der Waals surface area contributed by atoms with Crippen molar-refractivity contribution >= 4 is 16.6 Å². The zero-order valence-electron chi connectivity index (χ0n) is 12.3. The van der Waals surface area contributed by atoms with Crippen LogP contribution in [0.2, 0.25) is 0 Å². The smallest absolute Gasteiger partial charge is 0.0701 e. The van der Waals surface area contributed by atoms with Gasteiger partial charge in [0, 0.05) is 29.7 Å². The Morgan fingerprint density at radius 2 is 1.32 bits per heavy atom. The normalized spacial score (nSPS) is 9.09. The third-order valence-corrected chi connectivity index (χ3v) is 2.81. The van der Waals surface area contributed by atoms with Gasteiger partial charge >= 0.3 is 0 Å². The summed E-state index contributed by atoms with van der Waals surface area (Å²) in [6.07, 6.45) is 5.56. The molecule has 3 nitrogen and oxygen atoms in total. The van der Waals surface area contributed by atoms with Crippen LogP contribution < -0.4 is 5.73 Å². The van der Waals surface area contributed by atoms with E-state index in [0.29, 0.717) is 0 Å². The molecular formula is C19H19N3. The summed E-state index contributed by atoms with van der Waals surface area (Å²) in [7, 11) is 0. The third-order valence-electron chi connectivity index (χ3n) is 2.81. The highest BCUT2D eigenvalue weighted by atomic mass is 14.6. The van der Waals surface area contributed by atoms with Gasteiger partial charge in [0.1, 0.15) is 0 Å². The third kappa shape index (κ3) is 5.51. The predicted molar refractivity (Wildman–Crippen MR) is 93.4 cm³/mol. The molecule has 0 saturated carbocycles. The standard InChI is InChI=1S/C9H7N.C6H7N.C4H5N/c1-2-6-9-8(4-1)5-3-7-10-9;7-6-4-2-1-3-5-6;1-2-4-5-3-1/h1-7H;1-5H,7H2;1-5H. The molecule has 2 heterocycles. The van der Waals surface area contributed by atoms with Crippen molar-refractivity contribution in [2.24, 2.45) is 0 Å². The average molecular weight is 289 g/mol. The quantitative estimate of drug-likeness (QED) is 0.468. The van der Waals surface area contributed by atoms with Gasteiger partial charge in [-0.25, -0.2) is 0 Å². The van der Waals surface area contributed by atoms with E-state index in [1.807, 2.05) is 85.3 Å². The topological polar surface area (TPSA) is 54.7 Å². The van der Waals surface area contributed by atoms with Crippen molar-refractivity contribution in [3.8, 4) is 0 Å². The van der Waals surface area contributed by atoms with Gasteiger partial charge in [-0.2, -0.15) is 0 Å². The molecule has 3 heteroatoms. The number of para-hydroxylation sites is 2. The van der Waals surface area contributed by atoms with Crippen LogP contribution >= 0.6 is 0 Å². The minimum atomic E-state index is 0.822. The lowest BCUT2D eigenvalue weighted by molar-refractivity contribution is 1.41. The van der Waals surface area contributed by atoms with Crippen molar-refractivity contribution in [2.75, 3.05) is 5.73 Å². The SMILES string of the molecule is Nc1ccccc1.c1cc[nH]c1.c1ccc2ncccc2c1. The molecule has 0 unspecified atom stereocenters. The van der Waals surface area contributed by atoms with Crippen LogP contribution in [0.3, 0.4) is 0 Å². The first-order chi connectivity index (χ1) is 10.9. The zero-order valence-corrected chi connectivity index (χ0v) is 12.3. The molecule has 0 aliphatic rings. The van der Waals surface area contributed by atoms with Gasteiger partial charge in [0.05, 0.1) is 5.52 Å². The Hall–Kier alpha value is -3.07. The molecule has 0 atom stereocenters. The summed E-state index contributed by atoms with van der Waals surface area (Å²) in [6, 6.07) is 25.5. The molecule has 4 rings (SSSR count). The van der Waals surface area contributed by atoms with Gasteiger partial charge in [0.2, 0.25) is 0 Å². The molecule has 3 N–H and O–H groups in total. The number of fused-ring (bicyclic) bond motifs is 1. The molecule has 0 aliphatic carbocycles. The number of nitrogens with one attached hydrogen (secondary N) is 1. The van der Waals surface area contributed by atoms with Crippen molar-refractivity contribution in [2.45, 2.75) is 0 Å². The van der Waals surface area contributed by atoms with E-state index in [1.165, 1.54) is 5.39 Å². The van der Waals surface area contributed by atoms with Crippen LogP contribution in [-0.4, -0.2) is 9.97 Å². The largest absolute Gasteiger partial charge is 0.399 e. The first-order valence-corrected chi connectivity index (χ1v) is 7.04. The van der Waals surface area contributed by atoms with Gasteiger partial charge in [-0.15, -0.1) is 0 Å². The number of benzene rings is 2. The molecule has 0 bridgehead atoms. The number of rotatable bonds is 0. The van der Waals surface area contributed by atoms with Gasteiger partial charge in [-0.3, -0.25) is 4.98 Å². The van der Waals surface area contributed by atoms with Crippen molar-refractivity contribution in [1.82, 2.24) is 9.97 Å². The minimum absolute atomic E-state index is 0.822. The predicted octanol–water partition coefficient (Wildman–Crippen LogP) is 4.52. The summed E-state index contributed by atoms with van der Waals surface area (Å²) >= 11 is 0. The lowest BCUT2D eigenvalue weighted by Gasteiger charge is -1.91. The first-order valence-electron chi connectivity index (χ1n) is 7.04. The van der Waals surface area contributed by atoms with E-state index >= 15 is 0 Å². The number of nitrogen functional groups attached to an aromatic ring is 1. The average Bonchev–Trinajstić information content (AvgIpc) is 3.16. The maximum Gasteiger partial charge on any atom is 0.0701 e. The summed E-state index contributed by atoms with van der Waals surface area (Å²) in [5.41, 5.74) is 7.24. The van der Waals surface area contributed by atoms with Gasteiger partial charge in [-0.05, 0) is 36.4 Å². The van der Waals surface area contributed by atoms with Crippen LogP contribution in [0.25, 0.3) is 10.9 Å². The number of hydrogen-bond acceptors (Lipinski definition) is 2. The molecule has 4 aromatic rings. The number of aromatic nitrogens is 2. The lowest BCUT2D eigenvalue weighted by Crippen LogP contribution is -1.79. The van der Waals surface area contributed by atoms with Crippen LogP contribution in [0.1, 0.15) is 0 Å². The summed E-state index contributed by atoms with van der Waals surface area (Å²) < 4.78 is 0. The van der Waals surface area contributed by atoms with Crippen molar-refractivity contribution < 1.29 is 0 Å². The van der Waals surface area contributed by atoms with E-state index in [2.05, 4.69) is 22.1 Å². The number of anilines is 1. The molecule has 0 aliphatic heterocycles. The van der Waals surface area contributed by atoms with Crippen LogP contribution in [0.15, 0.2) is 97.5 Å². The van der Waals surface area contributed by atoms with E-state index in [9.17, 15) is 0 Å². The summed E-state index contributed by atoms with van der Waals surface area (Å²) in [4.78, 5) is 7.04. The van der Waals surface area contributed by atoms with E-state index in [1.54, 1.807) is 0 Å². The Labute approximate surface area is 130 Å². The number of nitrogens with two attached hydrogens (primary N) is 1. The molecule has 2 aromatic carbocycles. The summed E-state index contributed by atoms with van der Waals surface area (Å²) in [5.74, 6) is 0. The molecule has 2 aromatic heterocycles. The molecule has 0 fully saturated rings. The number of aromatic amines is 1. The molecule has 22 heavy (non-hydrogen) atoms. The van der Waals surface area contributed by atoms with Crippen molar-refractivity contribution in [3.63, 3.8) is 0 Å². The number of hydrogen-bond donors (Lipinski definition) is 2. The van der Waals surface area contributed by atoms with E-state index in [-0.39, 0.29) is 0 Å². The van der Waals surface area contributed by atoms with Gasteiger partial charge < -0.3 is 10.7 Å². The Bertz CT molecular complexity index is 667. The number of pyridine rings is 1. The molecule has 110 valence electrons. The fourth-order valence-corrected chi connectivity index (χ4v) is 1.75. The van der Waals surface area contributed by atoms with Crippen molar-refractivity contribution in [1.29, 1.82) is 0 Å². The minimum Gasteiger partial charge on any atom is -0.399 e. The van der Waals surface area contributed by atoms with Gasteiger partial charge in [-0.1, -0.05) is 42.5 Å². The van der Waals surface area contributed by atoms with Crippen LogP contribution in [0, 0.1) is 0 Å². The maximum absolute atomic E-state index is 5.36. The second-order valence-electron chi connectivity index (χ2n) is 4.49. The highest BCUT2D eigenvalue weighted by molar-refractivity contribution is 5.77. The highest BCUT2D eigenvalue weighted by Gasteiger charge is 1.86. The fourth-order valence-electron chi connectivity index (χ4n) is 1.75. The number of H-pyrrole nitrogens is 1. The van der Waals surface area contributed by atoms with E-state index in [4.69, 9.17) is 5.73 Å². The summed E-state index contributed by atoms with van der Waals surface area (Å²) in [5, 5.41) is 1.20. The highest BCUT2D eigenvalue weighted by Crippen LogP contribution is 2.07. The second kappa shape index (κ2) is 8.97. The van der Waals surface area contributed by atoms with E-state index in [0.717, 1.165) is 11.2 Å². The van der Waals surface area contributed by atoms with E-state index < -0.39 is 0 Å². The van der Waals surface area contributed by atoms with Gasteiger partial charge in [0.15, 0.2) is 0 Å². The number of nitrogens with zero attached hydrogens (tertiary/aromatic N) is 1. The monoisotopic (exact) mass is 289 g/mol.